The molecule has 0 bridgehead atoms. The Hall–Kier alpha value is -2.91. The van der Waals surface area contributed by atoms with Crippen molar-refractivity contribution in [3.63, 3.8) is 0 Å². The molecule has 0 unspecified atom stereocenters. The number of aryl methyl sites for hydroxylation is 1. The minimum atomic E-state index is -3.37. The molecule has 0 atom stereocenters. The van der Waals surface area contributed by atoms with E-state index in [2.05, 4.69) is 15.4 Å². The van der Waals surface area contributed by atoms with Crippen LogP contribution in [0.1, 0.15) is 37.0 Å². The zero-order chi connectivity index (χ0) is 22.4. The Bertz CT molecular complexity index is 1050. The summed E-state index contributed by atoms with van der Waals surface area (Å²) in [7, 11) is -3.37. The number of hydrogen-bond donors (Lipinski definition) is 3. The zero-order valence-electron chi connectivity index (χ0n) is 17.6. The van der Waals surface area contributed by atoms with Crippen LogP contribution >= 0.6 is 0 Å². The second-order valence-electron chi connectivity index (χ2n) is 7.78. The number of anilines is 1. The predicted octanol–water partition coefficient (Wildman–Crippen LogP) is 2.09. The summed E-state index contributed by atoms with van der Waals surface area (Å²) in [5.74, 6) is 0.225. The number of nitrogens with one attached hydrogen (secondary N) is 3. The maximum absolute atomic E-state index is 12.1. The molecule has 166 valence electrons. The molecule has 1 heterocycles. The number of benzene rings is 2. The lowest BCUT2D eigenvalue weighted by Gasteiger charge is -2.17. The predicted molar refractivity (Wildman–Crippen MR) is 118 cm³/mol. The van der Waals surface area contributed by atoms with Gasteiger partial charge in [0.05, 0.1) is 5.75 Å². The smallest absolute Gasteiger partial charge is 0.258 e. The molecule has 2 aromatic carbocycles. The number of hydrogen-bond acceptors (Lipinski definition) is 5. The van der Waals surface area contributed by atoms with E-state index in [1.165, 1.54) is 0 Å². The summed E-state index contributed by atoms with van der Waals surface area (Å²) >= 11 is 0. The van der Waals surface area contributed by atoms with E-state index in [-0.39, 0.29) is 30.2 Å². The molecule has 0 radical (unpaired) electrons. The molecular weight excluding hydrogens is 418 g/mol. The van der Waals surface area contributed by atoms with Crippen molar-refractivity contribution in [1.29, 1.82) is 0 Å². The highest BCUT2D eigenvalue weighted by molar-refractivity contribution is 7.88. The Morgan fingerprint density at radius 3 is 2.52 bits per heavy atom. The molecule has 31 heavy (non-hydrogen) atoms. The van der Waals surface area contributed by atoms with Crippen molar-refractivity contribution in [2.24, 2.45) is 0 Å². The van der Waals surface area contributed by atoms with Gasteiger partial charge >= 0.3 is 0 Å². The van der Waals surface area contributed by atoms with Gasteiger partial charge in [0.1, 0.15) is 5.75 Å². The average Bonchev–Trinajstić information content (AvgIpc) is 2.70. The van der Waals surface area contributed by atoms with Gasteiger partial charge in [-0.05, 0) is 55.2 Å². The highest BCUT2D eigenvalue weighted by Crippen LogP contribution is 2.26. The molecule has 0 saturated carbocycles. The lowest BCUT2D eigenvalue weighted by atomic mass is 10.0. The summed E-state index contributed by atoms with van der Waals surface area (Å²) in [5, 5.41) is 5.58. The molecule has 0 saturated heterocycles. The minimum absolute atomic E-state index is 0.00225. The van der Waals surface area contributed by atoms with E-state index in [1.54, 1.807) is 50.2 Å². The third kappa shape index (κ3) is 7.08. The Kier molecular flexibility index (Phi) is 7.29. The highest BCUT2D eigenvalue weighted by atomic mass is 32.2. The number of ether oxygens (including phenoxy) is 1. The molecule has 8 nitrogen and oxygen atoms in total. The topological polar surface area (TPSA) is 114 Å². The van der Waals surface area contributed by atoms with Gasteiger partial charge in [-0.15, -0.1) is 0 Å². The number of fused-ring (bicyclic) bond motifs is 1. The van der Waals surface area contributed by atoms with E-state index in [9.17, 15) is 18.0 Å². The van der Waals surface area contributed by atoms with Crippen LogP contribution in [0, 0.1) is 0 Å². The van der Waals surface area contributed by atoms with Gasteiger partial charge in [-0.3, -0.25) is 9.59 Å². The average molecular weight is 446 g/mol. The Morgan fingerprint density at radius 1 is 1.10 bits per heavy atom. The molecule has 0 spiro atoms. The maximum Gasteiger partial charge on any atom is 0.258 e. The SMILES string of the molecule is CC(C)NS(=O)(=O)Cc1ccc(CNC(=O)COc2ccc3c(c2)CCC(=O)N3)cc1. The van der Waals surface area contributed by atoms with Crippen LogP contribution in [0.5, 0.6) is 5.75 Å². The number of rotatable bonds is 9. The van der Waals surface area contributed by atoms with E-state index in [0.717, 1.165) is 16.8 Å². The van der Waals surface area contributed by atoms with E-state index in [4.69, 9.17) is 4.74 Å². The monoisotopic (exact) mass is 445 g/mol. The van der Waals surface area contributed by atoms with Crippen molar-refractivity contribution in [3.05, 3.63) is 59.2 Å². The van der Waals surface area contributed by atoms with Crippen molar-refractivity contribution >= 4 is 27.5 Å². The van der Waals surface area contributed by atoms with Crippen molar-refractivity contribution < 1.29 is 22.7 Å². The van der Waals surface area contributed by atoms with Crippen molar-refractivity contribution in [2.75, 3.05) is 11.9 Å². The Balaban J connectivity index is 1.45. The van der Waals surface area contributed by atoms with Crippen LogP contribution < -0.4 is 20.1 Å². The summed E-state index contributed by atoms with van der Waals surface area (Å²) in [6.45, 7) is 3.74. The van der Waals surface area contributed by atoms with Crippen molar-refractivity contribution in [1.82, 2.24) is 10.0 Å². The summed E-state index contributed by atoms with van der Waals surface area (Å²) in [5.41, 5.74) is 3.30. The fraction of sp³-hybridized carbons (Fsp3) is 0.364. The molecule has 0 aromatic heterocycles. The lowest BCUT2D eigenvalue weighted by molar-refractivity contribution is -0.123. The standard InChI is InChI=1S/C22H27N3O5S/c1-15(2)25-31(28,29)14-17-5-3-16(4-6-17)12-23-22(27)13-30-19-8-9-20-18(11-19)7-10-21(26)24-20/h3-6,8-9,11,15,25H,7,10,12-14H2,1-2H3,(H,23,27)(H,24,26). The van der Waals surface area contributed by atoms with Gasteiger partial charge in [0.15, 0.2) is 6.61 Å². The van der Waals surface area contributed by atoms with Gasteiger partial charge in [-0.2, -0.15) is 0 Å². The van der Waals surface area contributed by atoms with Gasteiger partial charge < -0.3 is 15.4 Å². The fourth-order valence-electron chi connectivity index (χ4n) is 3.22. The number of amides is 2. The van der Waals surface area contributed by atoms with E-state index in [1.807, 2.05) is 6.07 Å². The Morgan fingerprint density at radius 2 is 1.81 bits per heavy atom. The van der Waals surface area contributed by atoms with Gasteiger partial charge in [0.25, 0.3) is 5.91 Å². The van der Waals surface area contributed by atoms with Gasteiger partial charge in [-0.25, -0.2) is 13.1 Å². The lowest BCUT2D eigenvalue weighted by Crippen LogP contribution is -2.31. The maximum atomic E-state index is 12.1. The minimum Gasteiger partial charge on any atom is -0.484 e. The van der Waals surface area contributed by atoms with Crippen LogP contribution in [-0.4, -0.2) is 32.9 Å². The van der Waals surface area contributed by atoms with Crippen LogP contribution in [0.4, 0.5) is 5.69 Å². The quantitative estimate of drug-likeness (QED) is 0.547. The molecule has 0 aliphatic carbocycles. The first-order valence-electron chi connectivity index (χ1n) is 10.1. The van der Waals surface area contributed by atoms with Crippen LogP contribution in [0.25, 0.3) is 0 Å². The third-order valence-corrected chi connectivity index (χ3v) is 6.17. The molecule has 9 heteroatoms. The molecule has 2 amide bonds. The molecule has 3 rings (SSSR count). The van der Waals surface area contributed by atoms with Crippen LogP contribution in [-0.2, 0) is 38.3 Å². The van der Waals surface area contributed by atoms with Crippen LogP contribution in [0.3, 0.4) is 0 Å². The zero-order valence-corrected chi connectivity index (χ0v) is 18.4. The molecular formula is C22H27N3O5S. The second-order valence-corrected chi connectivity index (χ2v) is 9.53. The largest absolute Gasteiger partial charge is 0.484 e. The number of sulfonamides is 1. The van der Waals surface area contributed by atoms with E-state index >= 15 is 0 Å². The number of carbonyl (C=O) groups is 2. The van der Waals surface area contributed by atoms with Gasteiger partial charge in [-0.1, -0.05) is 24.3 Å². The summed E-state index contributed by atoms with van der Waals surface area (Å²) in [4.78, 5) is 23.5. The van der Waals surface area contributed by atoms with Crippen molar-refractivity contribution in [3.8, 4) is 5.75 Å². The summed E-state index contributed by atoms with van der Waals surface area (Å²) < 4.78 is 32.1. The third-order valence-electron chi connectivity index (χ3n) is 4.63. The summed E-state index contributed by atoms with van der Waals surface area (Å²) in [6.07, 6.45) is 1.09. The molecule has 3 N–H and O–H groups in total. The molecule has 2 aromatic rings. The Labute approximate surface area is 182 Å². The van der Waals surface area contributed by atoms with Gasteiger partial charge in [0.2, 0.25) is 15.9 Å². The molecule has 1 aliphatic rings. The van der Waals surface area contributed by atoms with Crippen LogP contribution in [0.2, 0.25) is 0 Å². The number of carbonyl (C=O) groups excluding carboxylic acids is 2. The van der Waals surface area contributed by atoms with Gasteiger partial charge in [0, 0.05) is 24.7 Å². The molecule has 0 fully saturated rings. The van der Waals surface area contributed by atoms with Crippen molar-refractivity contribution in [2.45, 2.75) is 45.0 Å². The highest BCUT2D eigenvalue weighted by Gasteiger charge is 2.15. The van der Waals surface area contributed by atoms with Crippen LogP contribution in [0.15, 0.2) is 42.5 Å². The fourth-order valence-corrected chi connectivity index (χ4v) is 4.66. The first-order valence-corrected chi connectivity index (χ1v) is 11.8. The molecule has 1 aliphatic heterocycles. The second kappa shape index (κ2) is 9.93. The van der Waals surface area contributed by atoms with E-state index < -0.39 is 10.0 Å². The summed E-state index contributed by atoms with van der Waals surface area (Å²) in [6, 6.07) is 12.2. The first kappa shape index (κ1) is 22.8. The normalized spacial score (nSPS) is 13.5. The van der Waals surface area contributed by atoms with E-state index in [0.29, 0.717) is 30.7 Å². The first-order chi connectivity index (χ1) is 14.7.